The first-order valence-electron chi connectivity index (χ1n) is 8.38. The summed E-state index contributed by atoms with van der Waals surface area (Å²) in [6, 6.07) is 13.8. The molecule has 23 heavy (non-hydrogen) atoms. The number of hydrogen-bond donors (Lipinski definition) is 0. The number of rotatable bonds is 2. The molecule has 2 aromatic carbocycles. The van der Waals surface area contributed by atoms with E-state index in [2.05, 4.69) is 91.8 Å². The smallest absolute Gasteiger partial charge is 0.0151 e. The Balaban J connectivity index is 2.30. The van der Waals surface area contributed by atoms with Crippen molar-refractivity contribution in [2.75, 3.05) is 0 Å². The molecular weight excluding hydrogens is 296 g/mol. The largest absolute Gasteiger partial charge is 0.0895 e. The third-order valence-corrected chi connectivity index (χ3v) is 5.66. The third kappa shape index (κ3) is 4.41. The second-order valence-corrected chi connectivity index (χ2v) is 9.65. The summed E-state index contributed by atoms with van der Waals surface area (Å²) in [5.41, 5.74) is 5.94. The van der Waals surface area contributed by atoms with Gasteiger partial charge in [-0.15, -0.1) is 0 Å². The van der Waals surface area contributed by atoms with E-state index in [1.54, 1.807) is 0 Å². The van der Waals surface area contributed by atoms with Crippen LogP contribution < -0.4 is 0 Å². The fraction of sp³-hybridized carbons (Fsp3) is 0.455. The summed E-state index contributed by atoms with van der Waals surface area (Å²) in [5, 5.41) is 0. The molecule has 2 rings (SSSR count). The van der Waals surface area contributed by atoms with Crippen LogP contribution in [-0.2, 0) is 10.8 Å². The number of aryl methyl sites for hydroxylation is 2. The lowest BCUT2D eigenvalue weighted by atomic mass is 9.86. The van der Waals surface area contributed by atoms with Crippen LogP contribution in [0.4, 0.5) is 0 Å². The van der Waals surface area contributed by atoms with Crippen molar-refractivity contribution in [1.29, 1.82) is 0 Å². The predicted molar refractivity (Wildman–Crippen MR) is 104 cm³/mol. The second-order valence-electron chi connectivity index (χ2n) is 8.56. The molecule has 0 aliphatic rings. The van der Waals surface area contributed by atoms with Crippen LogP contribution in [0.5, 0.6) is 0 Å². The SMILES string of the molecule is Cc1cc(C(C)(C)C)ccc1Sc1ccc(C(C)(C)C)cc1C. The second kappa shape index (κ2) is 6.36. The van der Waals surface area contributed by atoms with E-state index in [4.69, 9.17) is 0 Å². The van der Waals surface area contributed by atoms with Gasteiger partial charge in [0.2, 0.25) is 0 Å². The average molecular weight is 327 g/mol. The van der Waals surface area contributed by atoms with Gasteiger partial charge < -0.3 is 0 Å². The molecule has 124 valence electrons. The van der Waals surface area contributed by atoms with Gasteiger partial charge in [0, 0.05) is 9.79 Å². The Labute approximate surface area is 146 Å². The van der Waals surface area contributed by atoms with E-state index < -0.39 is 0 Å². The molecule has 0 saturated carbocycles. The zero-order chi connectivity index (χ0) is 17.4. The van der Waals surface area contributed by atoms with Crippen molar-refractivity contribution in [2.45, 2.75) is 76.0 Å². The number of hydrogen-bond acceptors (Lipinski definition) is 1. The van der Waals surface area contributed by atoms with Crippen molar-refractivity contribution < 1.29 is 0 Å². The van der Waals surface area contributed by atoms with Gasteiger partial charge in [-0.25, -0.2) is 0 Å². The summed E-state index contributed by atoms with van der Waals surface area (Å²) >= 11 is 1.88. The first kappa shape index (κ1) is 18.1. The van der Waals surface area contributed by atoms with Gasteiger partial charge in [0.25, 0.3) is 0 Å². The van der Waals surface area contributed by atoms with Crippen LogP contribution in [0, 0.1) is 13.8 Å². The van der Waals surface area contributed by atoms with Gasteiger partial charge in [-0.2, -0.15) is 0 Å². The minimum absolute atomic E-state index is 0.207. The van der Waals surface area contributed by atoms with Gasteiger partial charge in [0.15, 0.2) is 0 Å². The lowest BCUT2D eigenvalue weighted by molar-refractivity contribution is 0.589. The van der Waals surface area contributed by atoms with Crippen molar-refractivity contribution in [3.05, 3.63) is 58.7 Å². The zero-order valence-electron chi connectivity index (χ0n) is 15.9. The van der Waals surface area contributed by atoms with Gasteiger partial charge in [-0.1, -0.05) is 77.6 Å². The average Bonchev–Trinajstić information content (AvgIpc) is 2.40. The molecule has 0 N–H and O–H groups in total. The normalized spacial score (nSPS) is 12.5. The molecule has 0 aliphatic heterocycles. The van der Waals surface area contributed by atoms with E-state index in [0.29, 0.717) is 0 Å². The van der Waals surface area contributed by atoms with E-state index >= 15 is 0 Å². The highest BCUT2D eigenvalue weighted by Gasteiger charge is 2.16. The fourth-order valence-electron chi connectivity index (χ4n) is 2.58. The topological polar surface area (TPSA) is 0 Å². The molecule has 1 heteroatoms. The van der Waals surface area contributed by atoms with Crippen molar-refractivity contribution in [1.82, 2.24) is 0 Å². The molecule has 0 fully saturated rings. The molecule has 0 atom stereocenters. The summed E-state index contributed by atoms with van der Waals surface area (Å²) < 4.78 is 0. The molecule has 0 aliphatic carbocycles. The van der Waals surface area contributed by atoms with E-state index in [1.807, 2.05) is 11.8 Å². The van der Waals surface area contributed by atoms with Crippen molar-refractivity contribution in [3.8, 4) is 0 Å². The molecule has 0 radical (unpaired) electrons. The van der Waals surface area contributed by atoms with Crippen LogP contribution in [0.25, 0.3) is 0 Å². The van der Waals surface area contributed by atoms with Crippen molar-refractivity contribution in [3.63, 3.8) is 0 Å². The molecule has 0 unspecified atom stereocenters. The van der Waals surface area contributed by atoms with E-state index in [1.165, 1.54) is 32.0 Å². The highest BCUT2D eigenvalue weighted by atomic mass is 32.2. The Kier molecular flexibility index (Phi) is 5.01. The Bertz CT molecular complexity index is 635. The standard InChI is InChI=1S/C22H30S/c1-15-13-17(21(3,4)5)9-11-19(15)23-20-12-10-18(14-16(20)2)22(6,7)8/h9-14H,1-8H3. The van der Waals surface area contributed by atoms with Gasteiger partial charge in [-0.3, -0.25) is 0 Å². The first-order chi connectivity index (χ1) is 10.5. The third-order valence-electron chi connectivity index (χ3n) is 4.30. The Morgan fingerprint density at radius 3 is 1.22 bits per heavy atom. The highest BCUT2D eigenvalue weighted by Crippen LogP contribution is 2.36. The lowest BCUT2D eigenvalue weighted by Gasteiger charge is -2.22. The van der Waals surface area contributed by atoms with Crippen LogP contribution >= 0.6 is 11.8 Å². The van der Waals surface area contributed by atoms with Gasteiger partial charge >= 0.3 is 0 Å². The Morgan fingerprint density at radius 2 is 0.957 bits per heavy atom. The maximum Gasteiger partial charge on any atom is 0.0151 e. The van der Waals surface area contributed by atoms with Crippen LogP contribution in [0.3, 0.4) is 0 Å². The zero-order valence-corrected chi connectivity index (χ0v) is 16.7. The predicted octanol–water partition coefficient (Wildman–Crippen LogP) is 7.05. The molecule has 2 aromatic rings. The monoisotopic (exact) mass is 326 g/mol. The molecule has 0 aromatic heterocycles. The van der Waals surface area contributed by atoms with Gasteiger partial charge in [0.1, 0.15) is 0 Å². The van der Waals surface area contributed by atoms with Crippen LogP contribution in [-0.4, -0.2) is 0 Å². The van der Waals surface area contributed by atoms with Gasteiger partial charge in [0.05, 0.1) is 0 Å². The minimum atomic E-state index is 0.207. The first-order valence-corrected chi connectivity index (χ1v) is 9.20. The maximum absolute atomic E-state index is 2.33. The van der Waals surface area contributed by atoms with Crippen LogP contribution in [0.15, 0.2) is 46.2 Å². The minimum Gasteiger partial charge on any atom is -0.0895 e. The van der Waals surface area contributed by atoms with Crippen molar-refractivity contribution >= 4 is 11.8 Å². The van der Waals surface area contributed by atoms with Crippen LogP contribution in [0.2, 0.25) is 0 Å². The summed E-state index contributed by atoms with van der Waals surface area (Å²) in [5.74, 6) is 0. The molecule has 0 bridgehead atoms. The molecule has 0 saturated heterocycles. The molecule has 0 amide bonds. The highest BCUT2D eigenvalue weighted by molar-refractivity contribution is 7.99. The van der Waals surface area contributed by atoms with Gasteiger partial charge in [-0.05, 0) is 59.1 Å². The summed E-state index contributed by atoms with van der Waals surface area (Å²) in [4.78, 5) is 2.70. The maximum atomic E-state index is 2.33. The van der Waals surface area contributed by atoms with Crippen LogP contribution in [0.1, 0.15) is 63.8 Å². The molecule has 0 heterocycles. The quantitative estimate of drug-likeness (QED) is 0.569. The lowest BCUT2D eigenvalue weighted by Crippen LogP contribution is -2.11. The van der Waals surface area contributed by atoms with E-state index in [0.717, 1.165) is 0 Å². The summed E-state index contributed by atoms with van der Waals surface area (Å²) in [7, 11) is 0. The summed E-state index contributed by atoms with van der Waals surface area (Å²) in [6.45, 7) is 18.0. The molecule has 0 nitrogen and oxygen atoms in total. The number of benzene rings is 2. The van der Waals surface area contributed by atoms with Crippen molar-refractivity contribution in [2.24, 2.45) is 0 Å². The van der Waals surface area contributed by atoms with E-state index in [9.17, 15) is 0 Å². The Morgan fingerprint density at radius 1 is 0.609 bits per heavy atom. The fourth-order valence-corrected chi connectivity index (χ4v) is 3.53. The van der Waals surface area contributed by atoms with E-state index in [-0.39, 0.29) is 10.8 Å². The molecule has 0 spiro atoms. The summed E-state index contributed by atoms with van der Waals surface area (Å²) in [6.07, 6.45) is 0. The Hall–Kier alpha value is -1.21. The molecular formula is C22H30S.